The van der Waals surface area contributed by atoms with Gasteiger partial charge in [0.15, 0.2) is 0 Å². The van der Waals surface area contributed by atoms with Crippen LogP contribution in [0.25, 0.3) is 0 Å². The van der Waals surface area contributed by atoms with Crippen molar-refractivity contribution in [2.45, 2.75) is 32.4 Å². The number of ether oxygens (including phenoxy) is 2. The lowest BCUT2D eigenvalue weighted by Gasteiger charge is -2.22. The van der Waals surface area contributed by atoms with E-state index in [9.17, 15) is 14.4 Å². The predicted octanol–water partition coefficient (Wildman–Crippen LogP) is 0.860. The molecule has 1 aromatic rings. The normalized spacial score (nSPS) is 12.7. The molecule has 0 aliphatic carbocycles. The summed E-state index contributed by atoms with van der Waals surface area (Å²) in [7, 11) is 2.94. The Balaban J connectivity index is 3.07. The molecule has 8 nitrogen and oxygen atoms in total. The first-order chi connectivity index (χ1) is 11.3. The highest BCUT2D eigenvalue weighted by Crippen LogP contribution is 2.31. The number of rotatable bonds is 8. The molecule has 1 aromatic carbocycles. The van der Waals surface area contributed by atoms with E-state index in [1.54, 1.807) is 18.2 Å². The van der Waals surface area contributed by atoms with Crippen LogP contribution in [0.15, 0.2) is 18.2 Å². The lowest BCUT2D eigenvalue weighted by molar-refractivity contribution is -0.138. The monoisotopic (exact) mass is 338 g/mol. The summed E-state index contributed by atoms with van der Waals surface area (Å²) in [6.45, 7) is 2.81. The van der Waals surface area contributed by atoms with Crippen LogP contribution < -0.4 is 20.1 Å². The molecular formula is C16H22N2O6. The summed E-state index contributed by atoms with van der Waals surface area (Å²) in [5.41, 5.74) is 0.504. The third-order valence-electron chi connectivity index (χ3n) is 3.32. The van der Waals surface area contributed by atoms with Gasteiger partial charge in [-0.25, -0.2) is 0 Å². The number of nitrogens with one attached hydrogen (secondary N) is 2. The van der Waals surface area contributed by atoms with Crippen LogP contribution in [-0.4, -0.2) is 43.2 Å². The molecule has 0 spiro atoms. The zero-order valence-corrected chi connectivity index (χ0v) is 14.1. The van der Waals surface area contributed by atoms with Crippen molar-refractivity contribution < 1.29 is 29.0 Å². The molecule has 0 aliphatic rings. The molecule has 0 aliphatic heterocycles. The quantitative estimate of drug-likeness (QED) is 0.648. The molecule has 132 valence electrons. The summed E-state index contributed by atoms with van der Waals surface area (Å²) in [4.78, 5) is 34.4. The number of carboxylic acid groups (broad SMARTS) is 1. The molecule has 24 heavy (non-hydrogen) atoms. The maximum Gasteiger partial charge on any atom is 0.305 e. The molecule has 3 N–H and O–H groups in total. The number of carbonyl (C=O) groups is 3. The van der Waals surface area contributed by atoms with Gasteiger partial charge in [0.1, 0.15) is 17.5 Å². The minimum Gasteiger partial charge on any atom is -0.497 e. The number of amides is 2. The van der Waals surface area contributed by atoms with E-state index in [1.165, 1.54) is 28.1 Å². The fourth-order valence-electron chi connectivity index (χ4n) is 2.19. The van der Waals surface area contributed by atoms with Gasteiger partial charge >= 0.3 is 5.97 Å². The van der Waals surface area contributed by atoms with Crippen LogP contribution in [-0.2, 0) is 14.4 Å². The number of benzene rings is 1. The molecule has 0 saturated heterocycles. The van der Waals surface area contributed by atoms with E-state index in [4.69, 9.17) is 14.6 Å². The molecule has 1 rings (SSSR count). The Bertz CT molecular complexity index is 617. The Morgan fingerprint density at radius 2 is 1.83 bits per heavy atom. The van der Waals surface area contributed by atoms with Crippen molar-refractivity contribution in [1.29, 1.82) is 0 Å². The second kappa shape index (κ2) is 8.76. The Hall–Kier alpha value is -2.77. The highest BCUT2D eigenvalue weighted by Gasteiger charge is 2.24. The van der Waals surface area contributed by atoms with Crippen molar-refractivity contribution >= 4 is 17.8 Å². The Labute approximate surface area is 140 Å². The van der Waals surface area contributed by atoms with Crippen LogP contribution in [0.1, 0.15) is 31.9 Å². The Morgan fingerprint density at radius 1 is 1.17 bits per heavy atom. The maximum atomic E-state index is 12.2. The van der Waals surface area contributed by atoms with E-state index < -0.39 is 24.0 Å². The van der Waals surface area contributed by atoms with Crippen molar-refractivity contribution in [1.82, 2.24) is 10.6 Å². The summed E-state index contributed by atoms with van der Waals surface area (Å²) >= 11 is 0. The summed E-state index contributed by atoms with van der Waals surface area (Å²) in [6.07, 6.45) is -0.332. The van der Waals surface area contributed by atoms with Gasteiger partial charge in [-0.05, 0) is 19.1 Å². The molecule has 0 saturated carbocycles. The van der Waals surface area contributed by atoms with Gasteiger partial charge in [0.05, 0.1) is 26.7 Å². The predicted molar refractivity (Wildman–Crippen MR) is 86.0 cm³/mol. The fourth-order valence-corrected chi connectivity index (χ4v) is 2.19. The van der Waals surface area contributed by atoms with Crippen LogP contribution in [0.3, 0.4) is 0 Å². The van der Waals surface area contributed by atoms with Crippen molar-refractivity contribution in [2.24, 2.45) is 0 Å². The molecule has 2 unspecified atom stereocenters. The number of carboxylic acids is 1. The summed E-state index contributed by atoms with van der Waals surface area (Å²) in [6, 6.07) is 3.29. The third kappa shape index (κ3) is 5.45. The van der Waals surface area contributed by atoms with Gasteiger partial charge in [-0.3, -0.25) is 14.4 Å². The Morgan fingerprint density at radius 3 is 2.33 bits per heavy atom. The van der Waals surface area contributed by atoms with Crippen molar-refractivity contribution in [3.8, 4) is 11.5 Å². The second-order valence-corrected chi connectivity index (χ2v) is 5.19. The molecule has 2 amide bonds. The highest BCUT2D eigenvalue weighted by atomic mass is 16.5. The summed E-state index contributed by atoms with van der Waals surface area (Å²) in [5.74, 6) is -0.982. The van der Waals surface area contributed by atoms with Gasteiger partial charge in [0.2, 0.25) is 11.8 Å². The molecular weight excluding hydrogens is 316 g/mol. The fraction of sp³-hybridized carbons (Fsp3) is 0.438. The lowest BCUT2D eigenvalue weighted by atomic mass is 10.0. The number of carbonyl (C=O) groups excluding carboxylic acids is 2. The lowest BCUT2D eigenvalue weighted by Crippen LogP contribution is -2.45. The smallest absolute Gasteiger partial charge is 0.305 e. The van der Waals surface area contributed by atoms with E-state index in [2.05, 4.69) is 10.6 Å². The molecule has 0 radical (unpaired) electrons. The van der Waals surface area contributed by atoms with Gasteiger partial charge in [0, 0.05) is 18.6 Å². The van der Waals surface area contributed by atoms with Crippen molar-refractivity contribution in [2.75, 3.05) is 14.2 Å². The maximum absolute atomic E-state index is 12.2. The first kappa shape index (κ1) is 19.3. The molecule has 0 heterocycles. The standard InChI is InChI=1S/C16H22N2O6/c1-9(17-10(2)19)16(22)18-13(8-15(20)21)12-6-5-11(23-3)7-14(12)24-4/h5-7,9,13H,8H2,1-4H3,(H,17,19)(H,18,22)(H,20,21). The van der Waals surface area contributed by atoms with Crippen molar-refractivity contribution in [3.05, 3.63) is 23.8 Å². The first-order valence-corrected chi connectivity index (χ1v) is 7.29. The SMILES string of the molecule is COc1ccc(C(CC(=O)O)NC(=O)C(C)NC(C)=O)c(OC)c1. The topological polar surface area (TPSA) is 114 Å². The zero-order valence-electron chi connectivity index (χ0n) is 14.1. The molecule has 0 bridgehead atoms. The average molecular weight is 338 g/mol. The average Bonchev–Trinajstić information content (AvgIpc) is 2.52. The van der Waals surface area contributed by atoms with Crippen LogP contribution in [0.5, 0.6) is 11.5 Å². The highest BCUT2D eigenvalue weighted by molar-refractivity contribution is 5.87. The molecule has 8 heteroatoms. The Kier molecular flexibility index (Phi) is 7.03. The molecule has 2 atom stereocenters. The van der Waals surface area contributed by atoms with Gasteiger partial charge in [-0.1, -0.05) is 0 Å². The van der Waals surface area contributed by atoms with Gasteiger partial charge in [0.25, 0.3) is 0 Å². The third-order valence-corrected chi connectivity index (χ3v) is 3.32. The van der Waals surface area contributed by atoms with E-state index in [1.807, 2.05) is 0 Å². The van der Waals surface area contributed by atoms with E-state index >= 15 is 0 Å². The number of methoxy groups -OCH3 is 2. The second-order valence-electron chi connectivity index (χ2n) is 5.19. The van der Waals surface area contributed by atoms with E-state index in [-0.39, 0.29) is 12.3 Å². The summed E-state index contributed by atoms with van der Waals surface area (Å²) < 4.78 is 10.4. The number of hydrogen-bond acceptors (Lipinski definition) is 5. The largest absolute Gasteiger partial charge is 0.497 e. The summed E-state index contributed by atoms with van der Waals surface area (Å²) in [5, 5.41) is 14.2. The zero-order chi connectivity index (χ0) is 18.3. The van der Waals surface area contributed by atoms with E-state index in [0.29, 0.717) is 17.1 Å². The van der Waals surface area contributed by atoms with Crippen LogP contribution in [0, 0.1) is 0 Å². The molecule has 0 aromatic heterocycles. The van der Waals surface area contributed by atoms with Gasteiger partial charge < -0.3 is 25.2 Å². The van der Waals surface area contributed by atoms with Gasteiger partial charge in [-0.2, -0.15) is 0 Å². The molecule has 0 fully saturated rings. The van der Waals surface area contributed by atoms with Crippen LogP contribution in [0.2, 0.25) is 0 Å². The van der Waals surface area contributed by atoms with Crippen LogP contribution in [0.4, 0.5) is 0 Å². The minimum absolute atomic E-state index is 0.332. The van der Waals surface area contributed by atoms with Crippen LogP contribution >= 0.6 is 0 Å². The minimum atomic E-state index is -1.08. The number of hydrogen-bond donors (Lipinski definition) is 3. The first-order valence-electron chi connectivity index (χ1n) is 7.29. The van der Waals surface area contributed by atoms with Crippen molar-refractivity contribution in [3.63, 3.8) is 0 Å². The van der Waals surface area contributed by atoms with E-state index in [0.717, 1.165) is 0 Å². The number of aliphatic carboxylic acids is 1. The van der Waals surface area contributed by atoms with Gasteiger partial charge in [-0.15, -0.1) is 0 Å².